The number of nitrogens with zero attached hydrogens (tertiary/aromatic N) is 1. The molecule has 4 fully saturated rings. The van der Waals surface area contributed by atoms with Gasteiger partial charge in [-0.25, -0.2) is 0 Å². The van der Waals surface area contributed by atoms with Gasteiger partial charge >= 0.3 is 0 Å². The maximum Gasteiger partial charge on any atom is 0.226 e. The number of fused-ring (bicyclic) bond motifs is 4. The molecule has 0 aliphatic heterocycles. The molecule has 0 spiro atoms. The Hall–Kier alpha value is -1.06. The quantitative estimate of drug-likeness (QED) is 0.831. The number of rotatable bonds is 5. The van der Waals surface area contributed by atoms with E-state index in [2.05, 4.69) is 19.2 Å². The van der Waals surface area contributed by atoms with Crippen LogP contribution >= 0.6 is 0 Å². The van der Waals surface area contributed by atoms with Gasteiger partial charge in [0.15, 0.2) is 0 Å². The van der Waals surface area contributed by atoms with Crippen LogP contribution < -0.4 is 5.32 Å². The lowest BCUT2D eigenvalue weighted by Crippen LogP contribution is -2.55. The lowest BCUT2D eigenvalue weighted by Gasteiger charge is -2.39. The fraction of sp³-hybridized carbons (Fsp3) is 0.905. The van der Waals surface area contributed by atoms with Crippen LogP contribution in [0.2, 0.25) is 0 Å². The van der Waals surface area contributed by atoms with E-state index in [9.17, 15) is 9.59 Å². The average molecular weight is 347 g/mol. The Morgan fingerprint density at radius 3 is 1.96 bits per heavy atom. The summed E-state index contributed by atoms with van der Waals surface area (Å²) in [4.78, 5) is 27.5. The van der Waals surface area contributed by atoms with Crippen molar-refractivity contribution in [1.29, 1.82) is 0 Å². The Balaban J connectivity index is 1.31. The zero-order valence-corrected chi connectivity index (χ0v) is 16.1. The SMILES string of the molecule is CN(C(=O)[C@@H]1C[C@H]2CC[C@H]1C2)C(C)(C)CNC(=O)[C@H]1C[C@H]2CC[C@H]1C2. The van der Waals surface area contributed by atoms with Crippen LogP contribution in [0.25, 0.3) is 0 Å². The lowest BCUT2D eigenvalue weighted by atomic mass is 9.86. The molecule has 4 nitrogen and oxygen atoms in total. The summed E-state index contributed by atoms with van der Waals surface area (Å²) >= 11 is 0. The number of carbonyl (C=O) groups excluding carboxylic acids is 2. The predicted octanol–water partition coefficient (Wildman–Crippen LogP) is 3.21. The number of amides is 2. The van der Waals surface area contributed by atoms with Gasteiger partial charge in [0, 0.05) is 25.4 Å². The van der Waals surface area contributed by atoms with E-state index in [1.165, 1.54) is 38.5 Å². The van der Waals surface area contributed by atoms with Crippen molar-refractivity contribution in [3.05, 3.63) is 0 Å². The van der Waals surface area contributed by atoms with Crippen LogP contribution in [-0.2, 0) is 9.59 Å². The number of hydrogen-bond acceptors (Lipinski definition) is 2. The Labute approximate surface area is 152 Å². The lowest BCUT2D eigenvalue weighted by molar-refractivity contribution is -0.141. The standard InChI is InChI=1S/C21H34N2O2/c1-21(2,12-22-19(24)17-10-13-4-6-15(17)8-13)23(3)20(25)18-11-14-5-7-16(18)9-14/h13-18H,4-12H2,1-3H3,(H,22,24)/t13-,14-,15-,16-,17-,18+/m0/s1. The van der Waals surface area contributed by atoms with E-state index in [0.29, 0.717) is 24.3 Å². The molecule has 0 aromatic carbocycles. The molecule has 4 bridgehead atoms. The molecule has 0 unspecified atom stereocenters. The number of likely N-dealkylation sites (N-methyl/N-ethyl adjacent to an activating group) is 1. The summed E-state index contributed by atoms with van der Waals surface area (Å²) in [7, 11) is 1.93. The fourth-order valence-electron chi connectivity index (χ4n) is 6.21. The molecule has 0 heterocycles. The van der Waals surface area contributed by atoms with E-state index >= 15 is 0 Å². The van der Waals surface area contributed by atoms with Gasteiger partial charge in [-0.3, -0.25) is 9.59 Å². The second kappa shape index (κ2) is 6.28. The van der Waals surface area contributed by atoms with Crippen molar-refractivity contribution < 1.29 is 9.59 Å². The summed E-state index contributed by atoms with van der Waals surface area (Å²) in [6.45, 7) is 4.72. The fourth-order valence-corrected chi connectivity index (χ4v) is 6.21. The molecule has 0 radical (unpaired) electrons. The number of hydrogen-bond donors (Lipinski definition) is 1. The molecule has 4 aliphatic carbocycles. The van der Waals surface area contributed by atoms with Gasteiger partial charge in [-0.15, -0.1) is 0 Å². The first kappa shape index (κ1) is 17.4. The summed E-state index contributed by atoms with van der Waals surface area (Å²) in [5.74, 6) is 3.77. The third kappa shape index (κ3) is 3.10. The van der Waals surface area contributed by atoms with Crippen LogP contribution in [0.1, 0.15) is 65.2 Å². The smallest absolute Gasteiger partial charge is 0.226 e. The van der Waals surface area contributed by atoms with Gasteiger partial charge < -0.3 is 10.2 Å². The van der Waals surface area contributed by atoms with Crippen LogP contribution in [0.15, 0.2) is 0 Å². The zero-order chi connectivity index (χ0) is 17.8. The van der Waals surface area contributed by atoms with Crippen molar-refractivity contribution in [2.45, 2.75) is 70.8 Å². The minimum atomic E-state index is -0.327. The first-order valence-electron chi connectivity index (χ1n) is 10.4. The summed E-state index contributed by atoms with van der Waals surface area (Å²) in [6.07, 6.45) is 9.78. The van der Waals surface area contributed by atoms with E-state index in [1.807, 2.05) is 11.9 Å². The minimum absolute atomic E-state index is 0.223. The molecule has 4 heteroatoms. The van der Waals surface area contributed by atoms with Crippen molar-refractivity contribution in [1.82, 2.24) is 10.2 Å². The number of carbonyl (C=O) groups is 2. The molecule has 1 N–H and O–H groups in total. The van der Waals surface area contributed by atoms with Crippen molar-refractivity contribution in [2.24, 2.45) is 35.5 Å². The highest BCUT2D eigenvalue weighted by atomic mass is 16.2. The van der Waals surface area contributed by atoms with Crippen LogP contribution in [0.3, 0.4) is 0 Å². The second-order valence-electron chi connectivity index (χ2n) is 9.99. The summed E-state index contributed by atoms with van der Waals surface area (Å²) in [5, 5.41) is 3.18. The van der Waals surface area contributed by atoms with Gasteiger partial charge in [0.05, 0.1) is 5.54 Å². The van der Waals surface area contributed by atoms with Gasteiger partial charge in [0.1, 0.15) is 0 Å². The first-order chi connectivity index (χ1) is 11.8. The van der Waals surface area contributed by atoms with Crippen molar-refractivity contribution in [3.8, 4) is 0 Å². The molecular formula is C21H34N2O2. The number of nitrogens with one attached hydrogen (secondary N) is 1. The average Bonchev–Trinajstić information content (AvgIpc) is 3.38. The Morgan fingerprint density at radius 2 is 1.48 bits per heavy atom. The molecule has 4 saturated carbocycles. The van der Waals surface area contributed by atoms with Crippen molar-refractivity contribution in [3.63, 3.8) is 0 Å². The van der Waals surface area contributed by atoms with Crippen molar-refractivity contribution >= 4 is 11.8 Å². The van der Waals surface area contributed by atoms with Gasteiger partial charge in [0.2, 0.25) is 11.8 Å². The van der Waals surface area contributed by atoms with Crippen LogP contribution in [0.4, 0.5) is 0 Å². The largest absolute Gasteiger partial charge is 0.354 e. The summed E-state index contributed by atoms with van der Waals surface area (Å²) < 4.78 is 0. The van der Waals surface area contributed by atoms with E-state index < -0.39 is 0 Å². The molecule has 4 rings (SSSR count). The third-order valence-corrected chi connectivity index (χ3v) is 8.06. The molecule has 2 amide bonds. The van der Waals surface area contributed by atoms with Gasteiger partial charge in [0.25, 0.3) is 0 Å². The molecule has 0 saturated heterocycles. The van der Waals surface area contributed by atoms with Crippen LogP contribution in [-0.4, -0.2) is 35.8 Å². The van der Waals surface area contributed by atoms with Crippen LogP contribution in [0, 0.1) is 35.5 Å². The maximum absolute atomic E-state index is 13.0. The van der Waals surface area contributed by atoms with Gasteiger partial charge in [-0.1, -0.05) is 12.8 Å². The zero-order valence-electron chi connectivity index (χ0n) is 16.1. The highest BCUT2D eigenvalue weighted by Gasteiger charge is 2.46. The highest BCUT2D eigenvalue weighted by Crippen LogP contribution is 2.49. The molecular weight excluding hydrogens is 312 g/mol. The predicted molar refractivity (Wildman–Crippen MR) is 97.7 cm³/mol. The van der Waals surface area contributed by atoms with Crippen LogP contribution in [0.5, 0.6) is 0 Å². The summed E-state index contributed by atoms with van der Waals surface area (Å²) in [5.41, 5.74) is -0.327. The van der Waals surface area contributed by atoms with E-state index in [-0.39, 0.29) is 23.3 Å². The molecule has 6 atom stereocenters. The minimum Gasteiger partial charge on any atom is -0.354 e. The highest BCUT2D eigenvalue weighted by molar-refractivity contribution is 5.81. The maximum atomic E-state index is 13.0. The normalized spacial score (nSPS) is 39.0. The van der Waals surface area contributed by atoms with Gasteiger partial charge in [-0.2, -0.15) is 0 Å². The van der Waals surface area contributed by atoms with Gasteiger partial charge in [-0.05, 0) is 76.0 Å². The molecule has 25 heavy (non-hydrogen) atoms. The molecule has 0 aromatic rings. The molecule has 4 aliphatic rings. The van der Waals surface area contributed by atoms with Crippen molar-refractivity contribution in [2.75, 3.05) is 13.6 Å². The molecule has 140 valence electrons. The third-order valence-electron chi connectivity index (χ3n) is 8.06. The van der Waals surface area contributed by atoms with E-state index in [0.717, 1.165) is 24.7 Å². The Kier molecular flexibility index (Phi) is 4.36. The Bertz CT molecular complexity index is 558. The summed E-state index contributed by atoms with van der Waals surface area (Å²) in [6, 6.07) is 0. The molecule has 0 aromatic heterocycles. The second-order valence-corrected chi connectivity index (χ2v) is 9.99. The first-order valence-corrected chi connectivity index (χ1v) is 10.4. The van der Waals surface area contributed by atoms with E-state index in [4.69, 9.17) is 0 Å². The monoisotopic (exact) mass is 346 g/mol. The topological polar surface area (TPSA) is 49.4 Å². The van der Waals surface area contributed by atoms with E-state index in [1.54, 1.807) is 0 Å². The Morgan fingerprint density at radius 1 is 0.920 bits per heavy atom.